The van der Waals surface area contributed by atoms with Gasteiger partial charge >= 0.3 is 0 Å². The summed E-state index contributed by atoms with van der Waals surface area (Å²) in [5.41, 5.74) is 7.91. The molecular weight excluding hydrogens is 498 g/mol. The molecule has 176 valence electrons. The second kappa shape index (κ2) is 9.55. The normalized spacial score (nSPS) is 17.5. The fraction of sp³-hybridized carbons (Fsp3) is 0.182. The lowest BCUT2D eigenvalue weighted by Gasteiger charge is -2.28. The molecule has 3 rings (SSSR count). The van der Waals surface area contributed by atoms with Gasteiger partial charge in [0.2, 0.25) is 0 Å². The van der Waals surface area contributed by atoms with Gasteiger partial charge in [-0.2, -0.15) is 25.6 Å². The van der Waals surface area contributed by atoms with Crippen molar-refractivity contribution in [2.24, 2.45) is 19.3 Å². The minimum Gasteiger partial charge on any atom is -0.199 e. The van der Waals surface area contributed by atoms with Crippen LogP contribution in [0.1, 0.15) is 20.8 Å². The summed E-state index contributed by atoms with van der Waals surface area (Å²) >= 11 is 6.49. The molecule has 0 spiro atoms. The fourth-order valence-corrected chi connectivity index (χ4v) is 5.40. The van der Waals surface area contributed by atoms with E-state index < -0.39 is 25.5 Å². The van der Waals surface area contributed by atoms with E-state index in [2.05, 4.69) is 18.8 Å². The Balaban J connectivity index is 2.30. The molecule has 12 heteroatoms. The van der Waals surface area contributed by atoms with Gasteiger partial charge in [0.05, 0.1) is 31.9 Å². The second-order valence-corrected chi connectivity index (χ2v) is 11.7. The molecule has 0 N–H and O–H groups in total. The van der Waals surface area contributed by atoms with Crippen molar-refractivity contribution in [2.45, 2.75) is 30.6 Å². The maximum Gasteiger partial charge on any atom is 0.282 e. The molecule has 9 nitrogen and oxygen atoms in total. The molecular formula is C22H20ClN5O4S2. The molecule has 0 atom stereocenters. The minimum absolute atomic E-state index is 0.0586. The number of nitrogens with zero attached hydrogens (tertiary/aromatic N) is 5. The Hall–Kier alpha value is -3.24. The highest BCUT2D eigenvalue weighted by molar-refractivity contribution is 7.90. The molecule has 0 radical (unpaired) electrons. The number of benzene rings is 2. The molecule has 0 saturated carbocycles. The Morgan fingerprint density at radius 2 is 1.29 bits per heavy atom. The van der Waals surface area contributed by atoms with Gasteiger partial charge in [-0.3, -0.25) is 0 Å². The zero-order chi connectivity index (χ0) is 25.1. The van der Waals surface area contributed by atoms with Gasteiger partial charge in [0, 0.05) is 4.91 Å². The van der Waals surface area contributed by atoms with E-state index in [1.54, 1.807) is 57.2 Å². The molecule has 0 saturated heterocycles. The van der Waals surface area contributed by atoms with Crippen molar-refractivity contribution >= 4 is 43.1 Å². The smallest absolute Gasteiger partial charge is 0.199 e. The first-order chi connectivity index (χ1) is 15.9. The number of azide groups is 1. The average molecular weight is 518 g/mol. The number of sulfonamides is 2. The second-order valence-electron chi connectivity index (χ2n) is 8.15. The lowest BCUT2D eigenvalue weighted by atomic mass is 9.80. The molecule has 2 aromatic carbocycles. The third-order valence-electron chi connectivity index (χ3n) is 4.66. The van der Waals surface area contributed by atoms with Crippen molar-refractivity contribution in [3.63, 3.8) is 0 Å². The minimum atomic E-state index is -4.19. The summed E-state index contributed by atoms with van der Waals surface area (Å²) in [6.45, 7) is 5.32. The summed E-state index contributed by atoms with van der Waals surface area (Å²) in [5, 5.41) is 3.18. The van der Waals surface area contributed by atoms with E-state index in [1.807, 2.05) is 0 Å². The van der Waals surface area contributed by atoms with Gasteiger partial charge in [0.25, 0.3) is 20.0 Å². The lowest BCUT2D eigenvalue weighted by Crippen LogP contribution is -2.26. The number of hydrogen-bond acceptors (Lipinski definition) is 5. The van der Waals surface area contributed by atoms with E-state index in [-0.39, 0.29) is 31.9 Å². The topological polar surface area (TPSA) is 142 Å². The molecule has 2 aromatic rings. The van der Waals surface area contributed by atoms with Crippen LogP contribution in [-0.4, -0.2) is 28.3 Å². The summed E-state index contributed by atoms with van der Waals surface area (Å²) in [4.78, 5) is 2.58. The van der Waals surface area contributed by atoms with Gasteiger partial charge in [-0.1, -0.05) is 73.9 Å². The van der Waals surface area contributed by atoms with Crippen molar-refractivity contribution in [1.82, 2.24) is 0 Å². The highest BCUT2D eigenvalue weighted by Crippen LogP contribution is 2.37. The first-order valence-corrected chi connectivity index (χ1v) is 13.1. The van der Waals surface area contributed by atoms with Crippen LogP contribution in [0.25, 0.3) is 10.4 Å². The van der Waals surface area contributed by atoms with Crippen LogP contribution in [0.3, 0.4) is 0 Å². The number of allylic oxidation sites excluding steroid dienone is 3. The standard InChI is InChI=1S/C22H20ClN5O4S2/c1-22(2,3)17-14-18(26-33(29,30)15-10-6-4-7-11-15)21(25-28-24)19(23)20(17)27-34(31,32)16-12-8-5-9-13-16/h4-14H,1-3H3. The maximum atomic E-state index is 13.0. The Kier molecular flexibility index (Phi) is 7.13. The van der Waals surface area contributed by atoms with Crippen LogP contribution in [0.15, 0.2) is 107 Å². The zero-order valence-electron chi connectivity index (χ0n) is 18.4. The van der Waals surface area contributed by atoms with Crippen LogP contribution in [0, 0.1) is 5.41 Å². The van der Waals surface area contributed by atoms with Crippen molar-refractivity contribution in [1.29, 1.82) is 0 Å². The monoisotopic (exact) mass is 517 g/mol. The Morgan fingerprint density at radius 3 is 1.74 bits per heavy atom. The van der Waals surface area contributed by atoms with Crippen molar-refractivity contribution in [3.05, 3.63) is 93.5 Å². The number of rotatable bonds is 5. The Bertz CT molecular complexity index is 1500. The first-order valence-electron chi connectivity index (χ1n) is 9.85. The summed E-state index contributed by atoms with van der Waals surface area (Å²) < 4.78 is 59.4. The van der Waals surface area contributed by atoms with E-state index in [1.165, 1.54) is 30.3 Å². The van der Waals surface area contributed by atoms with Crippen LogP contribution in [0.5, 0.6) is 0 Å². The molecule has 1 aliphatic carbocycles. The molecule has 0 aromatic heterocycles. The van der Waals surface area contributed by atoms with Crippen molar-refractivity contribution in [2.75, 3.05) is 0 Å². The molecule has 0 bridgehead atoms. The molecule has 0 fully saturated rings. The fourth-order valence-electron chi connectivity index (χ4n) is 3.03. The van der Waals surface area contributed by atoms with Crippen LogP contribution in [0.4, 0.5) is 0 Å². The predicted octanol–water partition coefficient (Wildman–Crippen LogP) is 5.39. The van der Waals surface area contributed by atoms with E-state index >= 15 is 0 Å². The zero-order valence-corrected chi connectivity index (χ0v) is 20.8. The number of halogens is 1. The predicted molar refractivity (Wildman–Crippen MR) is 132 cm³/mol. The Morgan fingerprint density at radius 1 is 0.824 bits per heavy atom. The third-order valence-corrected chi connectivity index (χ3v) is 7.61. The van der Waals surface area contributed by atoms with Gasteiger partial charge in [-0.25, -0.2) is 0 Å². The largest absolute Gasteiger partial charge is 0.282 e. The molecule has 1 aliphatic rings. The molecule has 0 heterocycles. The lowest BCUT2D eigenvalue weighted by molar-refractivity contribution is 0.525. The van der Waals surface area contributed by atoms with E-state index in [0.717, 1.165) is 0 Å². The van der Waals surface area contributed by atoms with Gasteiger partial charge in [0.15, 0.2) is 0 Å². The molecule has 34 heavy (non-hydrogen) atoms. The van der Waals surface area contributed by atoms with E-state index in [9.17, 15) is 16.8 Å². The van der Waals surface area contributed by atoms with Gasteiger partial charge < -0.3 is 0 Å². The summed E-state index contributed by atoms with van der Waals surface area (Å²) in [5.74, 6) is 0. The highest BCUT2D eigenvalue weighted by atomic mass is 35.5. The molecule has 0 aliphatic heterocycles. The number of hydrogen-bond donors (Lipinski definition) is 0. The first kappa shape index (κ1) is 25.4. The van der Waals surface area contributed by atoms with Gasteiger partial charge in [-0.15, -0.1) is 0 Å². The van der Waals surface area contributed by atoms with Crippen LogP contribution in [0.2, 0.25) is 0 Å². The third kappa shape index (κ3) is 5.45. The maximum absolute atomic E-state index is 13.0. The SMILES string of the molecule is CC(C)(C)C1=CC(=NS(=O)(=O)c2ccccc2)C(N=[N+]=[N-])=C(Cl)C1=NS(=O)(=O)c1ccccc1. The van der Waals surface area contributed by atoms with Crippen molar-refractivity contribution < 1.29 is 16.8 Å². The summed E-state index contributed by atoms with van der Waals surface area (Å²) in [7, 11) is -8.37. The van der Waals surface area contributed by atoms with Gasteiger partial charge in [0.1, 0.15) is 0 Å². The van der Waals surface area contributed by atoms with E-state index in [0.29, 0.717) is 5.57 Å². The van der Waals surface area contributed by atoms with Gasteiger partial charge in [-0.05, 0) is 46.9 Å². The quantitative estimate of drug-likeness (QED) is 0.226. The summed E-state index contributed by atoms with van der Waals surface area (Å²) in [6.07, 6.45) is 1.33. The van der Waals surface area contributed by atoms with Crippen LogP contribution >= 0.6 is 11.6 Å². The summed E-state index contributed by atoms with van der Waals surface area (Å²) in [6, 6.07) is 15.0. The average Bonchev–Trinajstić information content (AvgIpc) is 2.78. The van der Waals surface area contributed by atoms with Crippen molar-refractivity contribution in [3.8, 4) is 0 Å². The van der Waals surface area contributed by atoms with E-state index in [4.69, 9.17) is 17.1 Å². The highest BCUT2D eigenvalue weighted by Gasteiger charge is 2.33. The van der Waals surface area contributed by atoms with Crippen LogP contribution in [-0.2, 0) is 20.0 Å². The van der Waals surface area contributed by atoms with Crippen LogP contribution < -0.4 is 0 Å². The Labute approximate surface area is 203 Å². The molecule has 0 unspecified atom stereocenters. The molecule has 0 amide bonds.